The average Bonchev–Trinajstić information content (AvgIpc) is 2.81. The van der Waals surface area contributed by atoms with E-state index in [2.05, 4.69) is 14.5 Å². The van der Waals surface area contributed by atoms with Crippen molar-refractivity contribution in [2.75, 3.05) is 11.4 Å². The minimum absolute atomic E-state index is 0.0115. The van der Waals surface area contributed by atoms with Crippen molar-refractivity contribution in [2.24, 2.45) is 0 Å². The normalized spacial score (nSPS) is 12.2. The lowest BCUT2D eigenvalue weighted by atomic mass is 10.2. The van der Waals surface area contributed by atoms with Crippen LogP contribution < -0.4 is 9.04 Å². The third-order valence-electron chi connectivity index (χ3n) is 4.76. The van der Waals surface area contributed by atoms with Crippen LogP contribution in [0.4, 0.5) is 32.2 Å². The Morgan fingerprint density at radius 2 is 1.65 bits per heavy atom. The maximum atomic E-state index is 13.5. The topological polar surface area (TPSA) is 85.8 Å². The first-order chi connectivity index (χ1) is 17.1. The van der Waals surface area contributed by atoms with Crippen molar-refractivity contribution in [3.63, 3.8) is 0 Å². The van der Waals surface area contributed by atoms with E-state index in [9.17, 15) is 39.6 Å². The van der Waals surface area contributed by atoms with Gasteiger partial charge in [-0.2, -0.15) is 13.2 Å². The van der Waals surface area contributed by atoms with Crippen molar-refractivity contribution in [1.29, 1.82) is 0 Å². The second-order valence-corrected chi connectivity index (χ2v) is 9.48. The number of benzene rings is 2. The van der Waals surface area contributed by atoms with Crippen LogP contribution in [-0.4, -0.2) is 32.8 Å². The summed E-state index contributed by atoms with van der Waals surface area (Å²) in [4.78, 5) is 14.8. The lowest BCUT2D eigenvalue weighted by Gasteiger charge is -2.26. The quantitative estimate of drug-likeness (QED) is 0.263. The molecular formula is C22H15ClF6N2O5S. The molecule has 0 spiro atoms. The van der Waals surface area contributed by atoms with Gasteiger partial charge in [-0.15, -0.1) is 13.2 Å². The maximum absolute atomic E-state index is 13.5. The highest BCUT2D eigenvalue weighted by Crippen LogP contribution is 2.37. The number of carbonyl (C=O) groups excluding carboxylic acids is 1. The van der Waals surface area contributed by atoms with Gasteiger partial charge in [0.25, 0.3) is 10.0 Å². The highest BCUT2D eigenvalue weighted by molar-refractivity contribution is 7.92. The Morgan fingerprint density at radius 3 is 2.19 bits per heavy atom. The van der Waals surface area contributed by atoms with Crippen LogP contribution in [0.3, 0.4) is 0 Å². The standard InChI is InChI=1S/C22H15ClF6N2O5S/c1-35-20(32)13-6-8-16(9-7-13)37(33,34)31(19-17(23)10-15(11-30-19)21(24,25)26)12-14-4-2-3-5-18(14)36-22(27,28)29/h2-11H,12H2,1H3. The van der Waals surface area contributed by atoms with Crippen LogP contribution in [0.25, 0.3) is 0 Å². The molecule has 0 N–H and O–H groups in total. The molecule has 0 radical (unpaired) electrons. The molecule has 15 heteroatoms. The van der Waals surface area contributed by atoms with Gasteiger partial charge in [0.1, 0.15) is 5.75 Å². The van der Waals surface area contributed by atoms with Crippen LogP contribution in [0.1, 0.15) is 21.5 Å². The Hall–Kier alpha value is -3.52. The molecule has 3 aromatic rings. The molecule has 198 valence electrons. The minimum Gasteiger partial charge on any atom is -0.465 e. The number of anilines is 1. The van der Waals surface area contributed by atoms with Gasteiger partial charge < -0.3 is 9.47 Å². The third-order valence-corrected chi connectivity index (χ3v) is 6.79. The molecule has 1 heterocycles. The predicted molar refractivity (Wildman–Crippen MR) is 119 cm³/mol. The van der Waals surface area contributed by atoms with E-state index in [1.54, 1.807) is 0 Å². The monoisotopic (exact) mass is 568 g/mol. The molecule has 0 aliphatic rings. The molecule has 0 aliphatic carbocycles. The summed E-state index contributed by atoms with van der Waals surface area (Å²) in [6.45, 7) is -0.856. The number of hydrogen-bond donors (Lipinski definition) is 0. The number of halogens is 7. The Labute approximate surface area is 211 Å². The Balaban J connectivity index is 2.15. The van der Waals surface area contributed by atoms with Gasteiger partial charge in [-0.25, -0.2) is 22.5 Å². The number of carbonyl (C=O) groups is 1. The zero-order chi connectivity index (χ0) is 27.6. The minimum atomic E-state index is -5.12. The number of para-hydroxylation sites is 1. The van der Waals surface area contributed by atoms with Crippen LogP contribution in [0.5, 0.6) is 5.75 Å². The number of aromatic nitrogens is 1. The molecule has 3 rings (SSSR count). The molecule has 0 unspecified atom stereocenters. The fourth-order valence-corrected chi connectivity index (χ4v) is 4.80. The zero-order valence-electron chi connectivity index (χ0n) is 18.5. The van der Waals surface area contributed by atoms with Crippen molar-refractivity contribution in [3.8, 4) is 5.75 Å². The van der Waals surface area contributed by atoms with E-state index in [1.165, 1.54) is 12.1 Å². The third kappa shape index (κ3) is 6.63. The molecule has 0 amide bonds. The van der Waals surface area contributed by atoms with Crippen molar-refractivity contribution in [3.05, 3.63) is 82.5 Å². The summed E-state index contributed by atoms with van der Waals surface area (Å²) >= 11 is 5.98. The molecule has 37 heavy (non-hydrogen) atoms. The number of esters is 1. The molecule has 0 bridgehead atoms. The fraction of sp³-hybridized carbons (Fsp3) is 0.182. The Bertz CT molecular complexity index is 1400. The smallest absolute Gasteiger partial charge is 0.465 e. The number of methoxy groups -OCH3 is 1. The van der Waals surface area contributed by atoms with Gasteiger partial charge in [0.2, 0.25) is 0 Å². The zero-order valence-corrected chi connectivity index (χ0v) is 20.0. The van der Waals surface area contributed by atoms with E-state index >= 15 is 0 Å². The first-order valence-electron chi connectivity index (χ1n) is 9.91. The highest BCUT2D eigenvalue weighted by Gasteiger charge is 2.36. The van der Waals surface area contributed by atoms with Gasteiger partial charge in [-0.05, 0) is 36.4 Å². The number of nitrogens with zero attached hydrogens (tertiary/aromatic N) is 2. The summed E-state index contributed by atoms with van der Waals surface area (Å²) in [5.74, 6) is -2.21. The first-order valence-corrected chi connectivity index (χ1v) is 11.7. The number of pyridine rings is 1. The molecule has 7 nitrogen and oxygen atoms in total. The Morgan fingerprint density at radius 1 is 1.03 bits per heavy atom. The SMILES string of the molecule is COC(=O)c1ccc(S(=O)(=O)N(Cc2ccccc2OC(F)(F)F)c2ncc(C(F)(F)F)cc2Cl)cc1. The van der Waals surface area contributed by atoms with Crippen molar-refractivity contribution >= 4 is 33.4 Å². The van der Waals surface area contributed by atoms with Crippen molar-refractivity contribution in [2.45, 2.75) is 24.0 Å². The number of alkyl halides is 6. The first kappa shape index (κ1) is 28.1. The second kappa shape index (κ2) is 10.5. The van der Waals surface area contributed by atoms with Gasteiger partial charge in [0.05, 0.1) is 34.7 Å². The van der Waals surface area contributed by atoms with Crippen LogP contribution in [0.2, 0.25) is 5.02 Å². The fourth-order valence-electron chi connectivity index (χ4n) is 3.06. The van der Waals surface area contributed by atoms with E-state index in [0.29, 0.717) is 16.6 Å². The molecule has 0 saturated carbocycles. The van der Waals surface area contributed by atoms with Crippen LogP contribution in [-0.2, 0) is 27.5 Å². The summed E-state index contributed by atoms with van der Waals surface area (Å²) in [7, 11) is -3.61. The van der Waals surface area contributed by atoms with Gasteiger partial charge in [-0.3, -0.25) is 0 Å². The Kier molecular flexibility index (Phi) is 7.93. The molecule has 1 aromatic heterocycles. The van der Waals surface area contributed by atoms with E-state index < -0.39 is 62.1 Å². The van der Waals surface area contributed by atoms with E-state index in [4.69, 9.17) is 11.6 Å². The summed E-state index contributed by atoms with van der Waals surface area (Å²) in [6.07, 6.45) is -9.63. The molecule has 0 fully saturated rings. The van der Waals surface area contributed by atoms with Gasteiger partial charge in [0, 0.05) is 11.8 Å². The number of rotatable bonds is 7. The van der Waals surface area contributed by atoms with E-state index in [1.807, 2.05) is 0 Å². The molecule has 0 aliphatic heterocycles. The summed E-state index contributed by atoms with van der Waals surface area (Å²) < 4.78 is 114. The van der Waals surface area contributed by atoms with Crippen LogP contribution in [0.15, 0.2) is 65.7 Å². The molecule has 2 aromatic carbocycles. The molecule has 0 saturated heterocycles. The summed E-state index contributed by atoms with van der Waals surface area (Å²) in [5, 5.41) is -0.737. The van der Waals surface area contributed by atoms with Crippen molar-refractivity contribution in [1.82, 2.24) is 4.98 Å². The number of hydrogen-bond acceptors (Lipinski definition) is 6. The number of sulfonamides is 1. The maximum Gasteiger partial charge on any atom is 0.573 e. The molecular weight excluding hydrogens is 554 g/mol. The van der Waals surface area contributed by atoms with Gasteiger partial charge in [0.15, 0.2) is 5.82 Å². The van der Waals surface area contributed by atoms with Gasteiger partial charge >= 0.3 is 18.5 Å². The predicted octanol–water partition coefficient (Wildman–Crippen LogP) is 5.83. The number of ether oxygens (including phenoxy) is 2. The average molecular weight is 569 g/mol. The van der Waals surface area contributed by atoms with Crippen molar-refractivity contribution < 1.29 is 49.0 Å². The summed E-state index contributed by atoms with van der Waals surface area (Å²) in [6, 6.07) is 9.23. The molecule has 0 atom stereocenters. The van der Waals surface area contributed by atoms with Gasteiger partial charge in [-0.1, -0.05) is 29.8 Å². The summed E-state index contributed by atoms with van der Waals surface area (Å²) in [5.41, 5.74) is -1.59. The highest BCUT2D eigenvalue weighted by atomic mass is 35.5. The van der Waals surface area contributed by atoms with E-state index in [0.717, 1.165) is 43.5 Å². The lowest BCUT2D eigenvalue weighted by Crippen LogP contribution is -2.32. The van der Waals surface area contributed by atoms with Crippen LogP contribution in [0, 0.1) is 0 Å². The van der Waals surface area contributed by atoms with E-state index in [-0.39, 0.29) is 11.1 Å². The second-order valence-electron chi connectivity index (χ2n) is 7.21. The largest absolute Gasteiger partial charge is 0.573 e. The van der Waals surface area contributed by atoms with Crippen LogP contribution >= 0.6 is 11.6 Å². The lowest BCUT2D eigenvalue weighted by molar-refractivity contribution is -0.274.